The molecule has 138 valence electrons. The Labute approximate surface area is 157 Å². The van der Waals surface area contributed by atoms with Gasteiger partial charge in [0.15, 0.2) is 0 Å². The van der Waals surface area contributed by atoms with Gasteiger partial charge in [-0.05, 0) is 30.7 Å². The molecule has 6 nitrogen and oxygen atoms in total. The molecule has 1 amide bonds. The average molecular weight is 362 g/mol. The lowest BCUT2D eigenvalue weighted by Crippen LogP contribution is -2.30. The summed E-state index contributed by atoms with van der Waals surface area (Å²) in [6, 6.07) is 15.5. The number of aliphatic hydroxyl groups excluding tert-OH is 1. The molecule has 3 aromatic rings. The maximum Gasteiger partial charge on any atom is 0.257 e. The van der Waals surface area contributed by atoms with Gasteiger partial charge in [-0.2, -0.15) is 0 Å². The lowest BCUT2D eigenvalue weighted by atomic mass is 9.99. The summed E-state index contributed by atoms with van der Waals surface area (Å²) in [5.74, 6) is 0.412. The third kappa shape index (κ3) is 3.48. The van der Waals surface area contributed by atoms with Crippen LogP contribution in [0, 0.1) is 5.92 Å². The van der Waals surface area contributed by atoms with Gasteiger partial charge in [0.1, 0.15) is 5.82 Å². The molecule has 6 heteroatoms. The molecule has 0 unspecified atom stereocenters. The molecule has 0 radical (unpaired) electrons. The molecule has 1 aliphatic heterocycles. The summed E-state index contributed by atoms with van der Waals surface area (Å²) in [5, 5.41) is 14.5. The molecular weight excluding hydrogens is 340 g/mol. The number of rotatable bonds is 4. The average Bonchev–Trinajstić information content (AvgIpc) is 3.07. The molecular formula is C21H22N4O2. The van der Waals surface area contributed by atoms with Gasteiger partial charge in [-0.3, -0.25) is 9.78 Å². The van der Waals surface area contributed by atoms with Gasteiger partial charge in [0.2, 0.25) is 0 Å². The topological polar surface area (TPSA) is 78.4 Å². The molecule has 0 spiro atoms. The molecule has 1 fully saturated rings. The molecule has 0 saturated carbocycles. The van der Waals surface area contributed by atoms with Gasteiger partial charge in [-0.15, -0.1) is 0 Å². The van der Waals surface area contributed by atoms with Crippen molar-refractivity contribution in [3.8, 4) is 0 Å². The van der Waals surface area contributed by atoms with Crippen LogP contribution < -0.4 is 5.32 Å². The number of nitrogens with zero attached hydrogens (tertiary/aromatic N) is 3. The van der Waals surface area contributed by atoms with Gasteiger partial charge in [0, 0.05) is 43.3 Å². The Balaban J connectivity index is 1.50. The van der Waals surface area contributed by atoms with E-state index in [9.17, 15) is 9.90 Å². The molecule has 1 aromatic carbocycles. The Morgan fingerprint density at radius 2 is 2.04 bits per heavy atom. The Kier molecular flexibility index (Phi) is 4.73. The van der Waals surface area contributed by atoms with Crippen LogP contribution in [0.5, 0.6) is 0 Å². The van der Waals surface area contributed by atoms with Gasteiger partial charge in [0.05, 0.1) is 17.2 Å². The van der Waals surface area contributed by atoms with E-state index < -0.39 is 6.10 Å². The molecule has 4 rings (SSSR count). The second kappa shape index (κ2) is 7.32. The van der Waals surface area contributed by atoms with E-state index in [1.165, 1.54) is 0 Å². The van der Waals surface area contributed by atoms with Crippen LogP contribution in [0.25, 0.3) is 10.9 Å². The minimum Gasteiger partial charge on any atom is -0.391 e. The largest absolute Gasteiger partial charge is 0.391 e. The van der Waals surface area contributed by atoms with Crippen LogP contribution in [-0.2, 0) is 6.42 Å². The highest BCUT2D eigenvalue weighted by molar-refractivity contribution is 5.98. The Morgan fingerprint density at radius 1 is 1.19 bits per heavy atom. The van der Waals surface area contributed by atoms with E-state index in [0.717, 1.165) is 16.6 Å². The van der Waals surface area contributed by atoms with Crippen LogP contribution in [0.2, 0.25) is 0 Å². The van der Waals surface area contributed by atoms with Crippen LogP contribution in [0.1, 0.15) is 16.1 Å². The number of carbonyl (C=O) groups excluding carboxylic acids is 1. The van der Waals surface area contributed by atoms with E-state index in [1.807, 2.05) is 30.3 Å². The molecule has 0 aliphatic carbocycles. The number of carbonyl (C=O) groups is 1. The van der Waals surface area contributed by atoms with Crippen molar-refractivity contribution in [1.29, 1.82) is 0 Å². The van der Waals surface area contributed by atoms with Gasteiger partial charge < -0.3 is 15.3 Å². The lowest BCUT2D eigenvalue weighted by Gasteiger charge is -2.17. The third-order valence-corrected chi connectivity index (χ3v) is 5.10. The lowest BCUT2D eigenvalue weighted by molar-refractivity contribution is 0.0765. The number of hydrogen-bond acceptors (Lipinski definition) is 5. The van der Waals surface area contributed by atoms with Crippen molar-refractivity contribution in [2.24, 2.45) is 5.92 Å². The van der Waals surface area contributed by atoms with Crippen LogP contribution in [-0.4, -0.2) is 52.1 Å². The Morgan fingerprint density at radius 3 is 2.89 bits per heavy atom. The highest BCUT2D eigenvalue weighted by Gasteiger charge is 2.35. The standard InChI is InChI=1S/C21H22N4O2/c1-22-20-17(6-4-10-23-20)21(27)25-12-15(19(26)13-25)11-16-9-8-14-5-2-3-7-18(14)24-16/h2-10,15,19,26H,11-13H2,1H3,(H,22,23)/t15-,19-/m1/s1. The summed E-state index contributed by atoms with van der Waals surface area (Å²) in [5.41, 5.74) is 2.41. The number of pyridine rings is 2. The summed E-state index contributed by atoms with van der Waals surface area (Å²) in [6.07, 6.45) is 1.73. The van der Waals surface area contributed by atoms with Gasteiger partial charge in [-0.25, -0.2) is 4.98 Å². The van der Waals surface area contributed by atoms with E-state index in [4.69, 9.17) is 4.98 Å². The zero-order chi connectivity index (χ0) is 18.8. The van der Waals surface area contributed by atoms with E-state index >= 15 is 0 Å². The third-order valence-electron chi connectivity index (χ3n) is 5.10. The molecule has 2 N–H and O–H groups in total. The summed E-state index contributed by atoms with van der Waals surface area (Å²) in [4.78, 5) is 23.5. The number of likely N-dealkylation sites (tertiary alicyclic amines) is 1. The van der Waals surface area contributed by atoms with E-state index in [2.05, 4.69) is 16.4 Å². The van der Waals surface area contributed by atoms with Gasteiger partial charge in [0.25, 0.3) is 5.91 Å². The van der Waals surface area contributed by atoms with Crippen LogP contribution >= 0.6 is 0 Å². The second-order valence-electron chi connectivity index (χ2n) is 6.89. The maximum atomic E-state index is 12.9. The van der Waals surface area contributed by atoms with Crippen molar-refractivity contribution in [2.75, 3.05) is 25.5 Å². The molecule has 0 bridgehead atoms. The smallest absolute Gasteiger partial charge is 0.257 e. The SMILES string of the molecule is CNc1ncccc1C(=O)N1C[C@@H](Cc2ccc3ccccc3n2)[C@H](O)C1. The van der Waals surface area contributed by atoms with E-state index in [-0.39, 0.29) is 11.8 Å². The first-order chi connectivity index (χ1) is 13.2. The van der Waals surface area contributed by atoms with Crippen LogP contribution in [0.4, 0.5) is 5.82 Å². The zero-order valence-electron chi connectivity index (χ0n) is 15.2. The molecule has 2 atom stereocenters. The number of anilines is 1. The van der Waals surface area contributed by atoms with Crippen molar-refractivity contribution in [3.63, 3.8) is 0 Å². The number of hydrogen-bond donors (Lipinski definition) is 2. The Hall–Kier alpha value is -2.99. The predicted molar refractivity (Wildman–Crippen MR) is 105 cm³/mol. The number of fused-ring (bicyclic) bond motifs is 1. The minimum atomic E-state index is -0.558. The number of aliphatic hydroxyl groups is 1. The summed E-state index contributed by atoms with van der Waals surface area (Å²) >= 11 is 0. The first kappa shape index (κ1) is 17.4. The highest BCUT2D eigenvalue weighted by atomic mass is 16.3. The number of β-amino-alcohol motifs (C(OH)–C–C–N with tert-alkyl or cyclic N) is 1. The number of aromatic nitrogens is 2. The van der Waals surface area contributed by atoms with Crippen molar-refractivity contribution in [3.05, 3.63) is 66.0 Å². The molecule has 1 aliphatic rings. The first-order valence-electron chi connectivity index (χ1n) is 9.10. The number of para-hydroxylation sites is 1. The summed E-state index contributed by atoms with van der Waals surface area (Å²) in [7, 11) is 1.74. The van der Waals surface area contributed by atoms with Gasteiger partial charge in [-0.1, -0.05) is 24.3 Å². The van der Waals surface area contributed by atoms with Crippen LogP contribution in [0.15, 0.2) is 54.7 Å². The van der Waals surface area contributed by atoms with Crippen molar-refractivity contribution >= 4 is 22.6 Å². The van der Waals surface area contributed by atoms with E-state index in [1.54, 1.807) is 30.3 Å². The van der Waals surface area contributed by atoms with Gasteiger partial charge >= 0.3 is 0 Å². The quantitative estimate of drug-likeness (QED) is 0.745. The fourth-order valence-corrected chi connectivity index (χ4v) is 3.66. The van der Waals surface area contributed by atoms with Crippen molar-refractivity contribution in [1.82, 2.24) is 14.9 Å². The molecule has 3 heterocycles. The fourth-order valence-electron chi connectivity index (χ4n) is 3.66. The predicted octanol–water partition coefficient (Wildman–Crippen LogP) is 2.35. The molecule has 27 heavy (non-hydrogen) atoms. The van der Waals surface area contributed by atoms with Crippen molar-refractivity contribution < 1.29 is 9.90 Å². The summed E-state index contributed by atoms with van der Waals surface area (Å²) < 4.78 is 0. The van der Waals surface area contributed by atoms with E-state index in [0.29, 0.717) is 30.9 Å². The Bertz CT molecular complexity index is 975. The van der Waals surface area contributed by atoms with Crippen molar-refractivity contribution in [2.45, 2.75) is 12.5 Å². The second-order valence-corrected chi connectivity index (χ2v) is 6.89. The number of benzene rings is 1. The first-order valence-corrected chi connectivity index (χ1v) is 9.10. The minimum absolute atomic E-state index is 0.0303. The van der Waals surface area contributed by atoms with Crippen LogP contribution in [0.3, 0.4) is 0 Å². The monoisotopic (exact) mass is 362 g/mol. The zero-order valence-corrected chi connectivity index (χ0v) is 15.2. The number of nitrogens with one attached hydrogen (secondary N) is 1. The molecule has 1 saturated heterocycles. The normalized spacial score (nSPS) is 19.4. The fraction of sp³-hybridized carbons (Fsp3) is 0.286. The number of amides is 1. The molecule has 2 aromatic heterocycles. The summed E-state index contributed by atoms with van der Waals surface area (Å²) in [6.45, 7) is 0.835. The highest BCUT2D eigenvalue weighted by Crippen LogP contribution is 2.25. The maximum absolute atomic E-state index is 12.9.